The van der Waals surface area contributed by atoms with Crippen LogP contribution in [-0.2, 0) is 20.1 Å². The van der Waals surface area contributed by atoms with Crippen molar-refractivity contribution in [2.75, 3.05) is 5.32 Å². The fourth-order valence-corrected chi connectivity index (χ4v) is 3.00. The third-order valence-corrected chi connectivity index (χ3v) is 4.25. The number of halogens is 1. The van der Waals surface area contributed by atoms with Crippen molar-refractivity contribution >= 4 is 17.3 Å². The minimum atomic E-state index is 0.0225. The summed E-state index contributed by atoms with van der Waals surface area (Å²) in [6.07, 6.45) is 5.23. The SMILES string of the molecule is Cn1ncc2c1CCCC2Nc1cc(CO)ccc1Cl. The number of aryl methyl sites for hydroxylation is 1. The van der Waals surface area contributed by atoms with Crippen LogP contribution >= 0.6 is 11.6 Å². The van der Waals surface area contributed by atoms with Gasteiger partial charge in [-0.15, -0.1) is 0 Å². The number of rotatable bonds is 3. The summed E-state index contributed by atoms with van der Waals surface area (Å²) in [7, 11) is 1.99. The van der Waals surface area contributed by atoms with Gasteiger partial charge in [0.15, 0.2) is 0 Å². The van der Waals surface area contributed by atoms with Gasteiger partial charge in [-0.1, -0.05) is 17.7 Å². The zero-order chi connectivity index (χ0) is 14.1. The second kappa shape index (κ2) is 5.46. The Kier molecular flexibility index (Phi) is 3.68. The molecule has 5 heteroatoms. The molecule has 1 aliphatic carbocycles. The molecule has 1 atom stereocenters. The molecule has 0 aliphatic heterocycles. The Hall–Kier alpha value is -1.52. The van der Waals surface area contributed by atoms with E-state index in [1.165, 1.54) is 11.3 Å². The molecule has 0 fully saturated rings. The molecule has 0 saturated carbocycles. The first-order valence-corrected chi connectivity index (χ1v) is 7.23. The number of nitrogens with one attached hydrogen (secondary N) is 1. The average molecular weight is 292 g/mol. The maximum Gasteiger partial charge on any atom is 0.0682 e. The summed E-state index contributed by atoms with van der Waals surface area (Å²) >= 11 is 6.24. The Morgan fingerprint density at radius 3 is 3.15 bits per heavy atom. The topological polar surface area (TPSA) is 50.1 Å². The van der Waals surface area contributed by atoms with Crippen molar-refractivity contribution in [3.8, 4) is 0 Å². The number of aromatic nitrogens is 2. The summed E-state index contributed by atoms with van der Waals surface area (Å²) < 4.78 is 1.95. The molecular weight excluding hydrogens is 274 g/mol. The van der Waals surface area contributed by atoms with E-state index in [4.69, 9.17) is 11.6 Å². The smallest absolute Gasteiger partial charge is 0.0682 e. The Morgan fingerprint density at radius 2 is 2.35 bits per heavy atom. The Bertz CT molecular complexity index is 624. The summed E-state index contributed by atoms with van der Waals surface area (Å²) in [5.41, 5.74) is 4.28. The van der Waals surface area contributed by atoms with Crippen molar-refractivity contribution in [1.82, 2.24) is 9.78 Å². The van der Waals surface area contributed by atoms with Crippen LogP contribution < -0.4 is 5.32 Å². The van der Waals surface area contributed by atoms with Crippen LogP contribution in [0, 0.1) is 0 Å². The molecule has 2 N–H and O–H groups in total. The van der Waals surface area contributed by atoms with Crippen LogP contribution in [0.2, 0.25) is 5.02 Å². The van der Waals surface area contributed by atoms with Crippen LogP contribution in [0.15, 0.2) is 24.4 Å². The van der Waals surface area contributed by atoms with Crippen LogP contribution in [-0.4, -0.2) is 14.9 Å². The number of hydrogen-bond acceptors (Lipinski definition) is 3. The molecule has 1 aromatic heterocycles. The highest BCUT2D eigenvalue weighted by Crippen LogP contribution is 2.34. The molecule has 0 amide bonds. The largest absolute Gasteiger partial charge is 0.392 e. The zero-order valence-electron chi connectivity index (χ0n) is 11.4. The third-order valence-electron chi connectivity index (χ3n) is 3.92. The van der Waals surface area contributed by atoms with Crippen molar-refractivity contribution in [1.29, 1.82) is 0 Å². The first-order chi connectivity index (χ1) is 9.69. The van der Waals surface area contributed by atoms with Crippen molar-refractivity contribution in [2.45, 2.75) is 31.9 Å². The molecule has 20 heavy (non-hydrogen) atoms. The van der Waals surface area contributed by atoms with E-state index in [9.17, 15) is 5.11 Å². The summed E-state index contributed by atoms with van der Waals surface area (Å²) in [4.78, 5) is 0. The number of benzene rings is 1. The number of anilines is 1. The molecule has 106 valence electrons. The predicted molar refractivity (Wildman–Crippen MR) is 79.9 cm³/mol. The quantitative estimate of drug-likeness (QED) is 0.914. The van der Waals surface area contributed by atoms with E-state index in [-0.39, 0.29) is 12.6 Å². The first kappa shape index (κ1) is 13.5. The van der Waals surface area contributed by atoms with Crippen LogP contribution in [0.3, 0.4) is 0 Å². The second-order valence-electron chi connectivity index (χ2n) is 5.23. The van der Waals surface area contributed by atoms with Gasteiger partial charge in [0, 0.05) is 18.3 Å². The van der Waals surface area contributed by atoms with E-state index in [2.05, 4.69) is 10.4 Å². The van der Waals surface area contributed by atoms with Crippen molar-refractivity contribution < 1.29 is 5.11 Å². The van der Waals surface area contributed by atoms with Gasteiger partial charge in [0.25, 0.3) is 0 Å². The van der Waals surface area contributed by atoms with E-state index in [1.807, 2.05) is 36.1 Å². The molecule has 1 unspecified atom stereocenters. The van der Waals surface area contributed by atoms with E-state index in [1.54, 1.807) is 0 Å². The number of nitrogens with zero attached hydrogens (tertiary/aromatic N) is 2. The lowest BCUT2D eigenvalue weighted by Gasteiger charge is -2.25. The van der Waals surface area contributed by atoms with Crippen molar-refractivity contribution in [3.05, 3.63) is 46.2 Å². The predicted octanol–water partition coefficient (Wildman–Crippen LogP) is 3.06. The van der Waals surface area contributed by atoms with Crippen molar-refractivity contribution in [3.63, 3.8) is 0 Å². The molecule has 1 aliphatic rings. The molecular formula is C15H18ClN3O. The van der Waals surface area contributed by atoms with E-state index in [0.717, 1.165) is 30.5 Å². The Balaban J connectivity index is 1.89. The van der Waals surface area contributed by atoms with Gasteiger partial charge in [0.2, 0.25) is 0 Å². The van der Waals surface area contributed by atoms with Crippen LogP contribution in [0.5, 0.6) is 0 Å². The van der Waals surface area contributed by atoms with Gasteiger partial charge in [-0.25, -0.2) is 0 Å². The molecule has 0 saturated heterocycles. The molecule has 1 heterocycles. The molecule has 4 nitrogen and oxygen atoms in total. The van der Waals surface area contributed by atoms with Gasteiger partial charge < -0.3 is 10.4 Å². The van der Waals surface area contributed by atoms with Gasteiger partial charge in [-0.3, -0.25) is 4.68 Å². The fourth-order valence-electron chi connectivity index (χ4n) is 2.83. The summed E-state index contributed by atoms with van der Waals surface area (Å²) in [6.45, 7) is 0.0225. The lowest BCUT2D eigenvalue weighted by Crippen LogP contribution is -2.18. The highest BCUT2D eigenvalue weighted by molar-refractivity contribution is 6.33. The number of aliphatic hydroxyl groups is 1. The molecule has 0 radical (unpaired) electrons. The van der Waals surface area contributed by atoms with Crippen LogP contribution in [0.1, 0.15) is 35.7 Å². The monoisotopic (exact) mass is 291 g/mol. The van der Waals surface area contributed by atoms with Gasteiger partial charge >= 0.3 is 0 Å². The maximum atomic E-state index is 9.24. The van der Waals surface area contributed by atoms with Crippen molar-refractivity contribution in [2.24, 2.45) is 7.05 Å². The van der Waals surface area contributed by atoms with E-state index < -0.39 is 0 Å². The van der Waals surface area contributed by atoms with E-state index >= 15 is 0 Å². The second-order valence-corrected chi connectivity index (χ2v) is 5.64. The van der Waals surface area contributed by atoms with Gasteiger partial charge in [0.1, 0.15) is 0 Å². The Labute approximate surface area is 123 Å². The third kappa shape index (κ3) is 2.41. The standard InChI is InChI=1S/C15H18ClN3O/c1-19-15-4-2-3-13(11(15)8-17-19)18-14-7-10(9-20)5-6-12(14)16/h5-8,13,18,20H,2-4,9H2,1H3. The fraction of sp³-hybridized carbons (Fsp3) is 0.400. The molecule has 0 spiro atoms. The number of aliphatic hydroxyl groups excluding tert-OH is 1. The molecule has 3 rings (SSSR count). The maximum absolute atomic E-state index is 9.24. The van der Waals surface area contributed by atoms with Gasteiger partial charge in [-0.2, -0.15) is 5.10 Å². The summed E-state index contributed by atoms with van der Waals surface area (Å²) in [5.74, 6) is 0. The first-order valence-electron chi connectivity index (χ1n) is 6.85. The number of fused-ring (bicyclic) bond motifs is 1. The van der Waals surface area contributed by atoms with E-state index in [0.29, 0.717) is 5.02 Å². The van der Waals surface area contributed by atoms with Crippen LogP contribution in [0.4, 0.5) is 5.69 Å². The highest BCUT2D eigenvalue weighted by atomic mass is 35.5. The molecule has 0 bridgehead atoms. The summed E-state index contributed by atoms with van der Waals surface area (Å²) in [6, 6.07) is 5.80. The average Bonchev–Trinajstić information content (AvgIpc) is 2.84. The normalized spacial score (nSPS) is 17.9. The minimum absolute atomic E-state index is 0.0225. The Morgan fingerprint density at radius 1 is 1.50 bits per heavy atom. The van der Waals surface area contributed by atoms with Crippen LogP contribution in [0.25, 0.3) is 0 Å². The summed E-state index contributed by atoms with van der Waals surface area (Å²) in [5, 5.41) is 17.8. The van der Waals surface area contributed by atoms with Gasteiger partial charge in [0.05, 0.1) is 29.6 Å². The zero-order valence-corrected chi connectivity index (χ0v) is 12.2. The van der Waals surface area contributed by atoms with Gasteiger partial charge in [-0.05, 0) is 37.0 Å². The highest BCUT2D eigenvalue weighted by Gasteiger charge is 2.23. The number of hydrogen-bond donors (Lipinski definition) is 2. The minimum Gasteiger partial charge on any atom is -0.392 e. The molecule has 1 aromatic carbocycles. The lowest BCUT2D eigenvalue weighted by molar-refractivity contribution is 0.282. The lowest BCUT2D eigenvalue weighted by atomic mass is 9.92. The molecule has 2 aromatic rings.